The number of ether oxygens (including phenoxy) is 4. The van der Waals surface area contributed by atoms with Crippen molar-refractivity contribution in [3.8, 4) is 0 Å². The molecule has 0 saturated carbocycles. The van der Waals surface area contributed by atoms with Gasteiger partial charge in [-0.15, -0.1) is 0 Å². The molecule has 19 heavy (non-hydrogen) atoms. The Balaban J connectivity index is 1.92. The van der Waals surface area contributed by atoms with Gasteiger partial charge in [-0.1, -0.05) is 0 Å². The lowest BCUT2D eigenvalue weighted by Crippen LogP contribution is -2.50. The zero-order valence-corrected chi connectivity index (χ0v) is 10.3. The Morgan fingerprint density at radius 2 is 1.42 bits per heavy atom. The number of carboxylic acids is 2. The fourth-order valence-corrected chi connectivity index (χ4v) is 3.17. The van der Waals surface area contributed by atoms with E-state index in [1.54, 1.807) is 6.92 Å². The number of hydrogen-bond acceptors (Lipinski definition) is 6. The Kier molecular flexibility index (Phi) is 2.62. The van der Waals surface area contributed by atoms with Gasteiger partial charge in [-0.2, -0.15) is 0 Å². The van der Waals surface area contributed by atoms with Crippen molar-refractivity contribution in [2.24, 2.45) is 11.8 Å². The van der Waals surface area contributed by atoms with Crippen molar-refractivity contribution in [3.05, 3.63) is 0 Å². The molecule has 0 aromatic carbocycles. The fourth-order valence-electron chi connectivity index (χ4n) is 3.17. The molecule has 0 aromatic heterocycles. The van der Waals surface area contributed by atoms with Crippen molar-refractivity contribution < 1.29 is 38.7 Å². The summed E-state index contributed by atoms with van der Waals surface area (Å²) in [5.41, 5.74) is 0. The summed E-state index contributed by atoms with van der Waals surface area (Å²) in [5, 5.41) is 18.4. The van der Waals surface area contributed by atoms with Gasteiger partial charge in [0.1, 0.15) is 36.3 Å². The number of methoxy groups -OCH3 is 1. The quantitative estimate of drug-likeness (QED) is 0.693. The number of fused-ring (bicyclic) bond motifs is 5. The normalized spacial score (nSPS) is 51.3. The molecular weight excluding hydrogens is 260 g/mol. The first-order chi connectivity index (χ1) is 8.88. The van der Waals surface area contributed by atoms with E-state index in [1.807, 2.05) is 0 Å². The molecule has 3 aliphatic rings. The Morgan fingerprint density at radius 3 is 1.74 bits per heavy atom. The molecule has 0 spiro atoms. The fraction of sp³-hybridized carbons (Fsp3) is 0.818. The van der Waals surface area contributed by atoms with E-state index in [0.717, 1.165) is 0 Å². The highest BCUT2D eigenvalue weighted by Gasteiger charge is 2.70. The first kappa shape index (κ1) is 12.8. The molecule has 3 heterocycles. The molecule has 8 heteroatoms. The first-order valence-electron chi connectivity index (χ1n) is 5.90. The minimum Gasteiger partial charge on any atom is -0.481 e. The van der Waals surface area contributed by atoms with Crippen LogP contribution in [0.2, 0.25) is 0 Å². The Hall–Kier alpha value is -1.22. The number of aliphatic carboxylic acids is 2. The summed E-state index contributed by atoms with van der Waals surface area (Å²) >= 11 is 0. The van der Waals surface area contributed by atoms with Crippen LogP contribution in [0.25, 0.3) is 0 Å². The van der Waals surface area contributed by atoms with Crippen LogP contribution in [0.3, 0.4) is 0 Å². The van der Waals surface area contributed by atoms with Gasteiger partial charge in [0.25, 0.3) is 5.97 Å². The molecule has 0 aliphatic carbocycles. The molecule has 3 rings (SSSR count). The van der Waals surface area contributed by atoms with E-state index in [0.29, 0.717) is 0 Å². The van der Waals surface area contributed by atoms with Gasteiger partial charge < -0.3 is 29.2 Å². The van der Waals surface area contributed by atoms with Crippen LogP contribution in [0, 0.1) is 11.8 Å². The first-order valence-corrected chi connectivity index (χ1v) is 5.90. The monoisotopic (exact) mass is 274 g/mol. The van der Waals surface area contributed by atoms with Crippen molar-refractivity contribution in [1.29, 1.82) is 0 Å². The van der Waals surface area contributed by atoms with Crippen molar-refractivity contribution in [2.75, 3.05) is 7.11 Å². The summed E-state index contributed by atoms with van der Waals surface area (Å²) in [6, 6.07) is 0. The smallest absolute Gasteiger partial charge is 0.310 e. The third-order valence-electron chi connectivity index (χ3n) is 4.02. The third kappa shape index (κ3) is 1.61. The highest BCUT2D eigenvalue weighted by Crippen LogP contribution is 2.51. The van der Waals surface area contributed by atoms with Gasteiger partial charge >= 0.3 is 11.9 Å². The predicted molar refractivity (Wildman–Crippen MR) is 56.1 cm³/mol. The van der Waals surface area contributed by atoms with Crippen LogP contribution in [0.15, 0.2) is 0 Å². The molecule has 3 fully saturated rings. The van der Waals surface area contributed by atoms with Crippen molar-refractivity contribution in [1.82, 2.24) is 0 Å². The second-order valence-corrected chi connectivity index (χ2v) is 5.02. The maximum Gasteiger partial charge on any atom is 0.310 e. The van der Waals surface area contributed by atoms with E-state index in [2.05, 4.69) is 0 Å². The number of carboxylic acid groups (broad SMARTS) is 2. The summed E-state index contributed by atoms with van der Waals surface area (Å²) in [7, 11) is 1.40. The Morgan fingerprint density at radius 1 is 1.00 bits per heavy atom. The molecular formula is C11H14O8. The van der Waals surface area contributed by atoms with Crippen LogP contribution in [0.5, 0.6) is 0 Å². The molecule has 0 radical (unpaired) electrons. The topological polar surface area (TPSA) is 112 Å². The second-order valence-electron chi connectivity index (χ2n) is 5.02. The number of carbonyl (C=O) groups is 2. The van der Waals surface area contributed by atoms with E-state index >= 15 is 0 Å². The van der Waals surface area contributed by atoms with Crippen LogP contribution < -0.4 is 0 Å². The van der Waals surface area contributed by atoms with Gasteiger partial charge in [0.2, 0.25) is 0 Å². The minimum absolute atomic E-state index is 0.619. The average Bonchev–Trinajstić information content (AvgIpc) is 2.94. The van der Waals surface area contributed by atoms with Gasteiger partial charge in [0.15, 0.2) is 0 Å². The standard InChI is InChI=1S/C11H14O8/c1-11(16-2)18-7-5-3(9(12)13)4(10(14)15)6(17-5)8(7)19-11/h3-8H,1-2H3,(H,12,13)(H,14,15)/t3-,4+,5-,6+,7+,8-,11?. The van der Waals surface area contributed by atoms with Crippen LogP contribution in [0.4, 0.5) is 0 Å². The van der Waals surface area contributed by atoms with Crippen LogP contribution >= 0.6 is 0 Å². The van der Waals surface area contributed by atoms with E-state index < -0.39 is 54.2 Å². The minimum atomic E-state index is -1.29. The van der Waals surface area contributed by atoms with Gasteiger partial charge in [0.05, 0.1) is 0 Å². The summed E-state index contributed by atoms with van der Waals surface area (Å²) < 4.78 is 21.6. The molecule has 0 amide bonds. The molecule has 8 nitrogen and oxygen atoms in total. The number of hydrogen-bond donors (Lipinski definition) is 2. The molecule has 2 N–H and O–H groups in total. The molecule has 106 valence electrons. The molecule has 0 aromatic rings. The van der Waals surface area contributed by atoms with Gasteiger partial charge in [-0.05, 0) is 0 Å². The maximum absolute atomic E-state index is 11.3. The van der Waals surface area contributed by atoms with Gasteiger partial charge in [-0.25, -0.2) is 0 Å². The van der Waals surface area contributed by atoms with Crippen LogP contribution in [-0.4, -0.2) is 59.7 Å². The number of rotatable bonds is 3. The van der Waals surface area contributed by atoms with Crippen molar-refractivity contribution >= 4 is 11.9 Å². The lowest BCUT2D eigenvalue weighted by molar-refractivity contribution is -0.330. The van der Waals surface area contributed by atoms with Crippen LogP contribution in [0.1, 0.15) is 6.92 Å². The molecule has 7 atom stereocenters. The zero-order chi connectivity index (χ0) is 13.9. The molecule has 2 bridgehead atoms. The summed E-state index contributed by atoms with van der Waals surface area (Å²) in [4.78, 5) is 22.5. The predicted octanol–water partition coefficient (Wildman–Crippen LogP) is -0.727. The highest BCUT2D eigenvalue weighted by atomic mass is 16.9. The van der Waals surface area contributed by atoms with Gasteiger partial charge in [-0.3, -0.25) is 9.59 Å². The largest absolute Gasteiger partial charge is 0.481 e. The van der Waals surface area contributed by atoms with E-state index in [-0.39, 0.29) is 0 Å². The Bertz CT molecular complexity index is 400. The third-order valence-corrected chi connectivity index (χ3v) is 4.02. The summed E-state index contributed by atoms with van der Waals surface area (Å²) in [5.74, 6) is -5.95. The van der Waals surface area contributed by atoms with E-state index in [4.69, 9.17) is 18.9 Å². The molecule has 3 saturated heterocycles. The Labute approximate surface area is 108 Å². The lowest BCUT2D eigenvalue weighted by Gasteiger charge is -2.27. The highest BCUT2D eigenvalue weighted by molar-refractivity contribution is 5.82. The van der Waals surface area contributed by atoms with E-state index in [1.165, 1.54) is 7.11 Å². The van der Waals surface area contributed by atoms with Crippen molar-refractivity contribution in [3.63, 3.8) is 0 Å². The summed E-state index contributed by atoms with van der Waals surface area (Å²) in [6.45, 7) is 1.55. The zero-order valence-electron chi connectivity index (χ0n) is 10.3. The summed E-state index contributed by atoms with van der Waals surface area (Å²) in [6.07, 6.45) is -2.89. The second kappa shape index (κ2) is 3.89. The SMILES string of the molecule is COC1(C)O[C@@H]2[C@H](O1)[C@H]1O[C@@H]2[C@H](C(=O)O)[C@@H]1C(=O)O. The molecule has 1 unspecified atom stereocenters. The maximum atomic E-state index is 11.3. The van der Waals surface area contributed by atoms with E-state index in [9.17, 15) is 19.8 Å². The van der Waals surface area contributed by atoms with Gasteiger partial charge in [0, 0.05) is 14.0 Å². The van der Waals surface area contributed by atoms with Crippen LogP contribution in [-0.2, 0) is 28.5 Å². The van der Waals surface area contributed by atoms with Crippen molar-refractivity contribution in [2.45, 2.75) is 37.3 Å². The molecule has 3 aliphatic heterocycles. The average molecular weight is 274 g/mol. The lowest BCUT2D eigenvalue weighted by atomic mass is 9.76.